The number of hydrogen-bond donors (Lipinski definition) is 0. The highest BCUT2D eigenvalue weighted by molar-refractivity contribution is 8.14. The average molecular weight is 190 g/mol. The van der Waals surface area contributed by atoms with E-state index in [9.17, 15) is 0 Å². The molecule has 0 spiro atoms. The fraction of sp³-hybridized carbons (Fsp3) is 0.200. The van der Waals surface area contributed by atoms with Crippen LogP contribution in [-0.2, 0) is 0 Å². The number of aliphatic imine (C=N–C) groups is 2. The molecule has 1 aliphatic heterocycles. The number of thioether (sulfide) groups is 1. The summed E-state index contributed by atoms with van der Waals surface area (Å²) in [5.74, 6) is 1.11. The third kappa shape index (κ3) is 1.80. The summed E-state index contributed by atoms with van der Waals surface area (Å²) in [6, 6.07) is 8.01. The SMILES string of the molecule is C=Nc1ccc(C2=NCCS2)cc1. The Morgan fingerprint density at radius 3 is 2.62 bits per heavy atom. The molecule has 0 saturated heterocycles. The van der Waals surface area contributed by atoms with E-state index in [4.69, 9.17) is 0 Å². The number of benzene rings is 1. The molecule has 66 valence electrons. The van der Waals surface area contributed by atoms with Gasteiger partial charge in [0.2, 0.25) is 0 Å². The molecule has 0 saturated carbocycles. The van der Waals surface area contributed by atoms with Crippen LogP contribution < -0.4 is 0 Å². The van der Waals surface area contributed by atoms with Crippen LogP contribution in [0, 0.1) is 0 Å². The van der Waals surface area contributed by atoms with Gasteiger partial charge in [-0.2, -0.15) is 0 Å². The van der Waals surface area contributed by atoms with Gasteiger partial charge in [-0.1, -0.05) is 12.1 Å². The normalized spacial score (nSPS) is 15.5. The third-order valence-electron chi connectivity index (χ3n) is 1.88. The van der Waals surface area contributed by atoms with E-state index in [2.05, 4.69) is 16.7 Å². The van der Waals surface area contributed by atoms with Crippen molar-refractivity contribution < 1.29 is 0 Å². The van der Waals surface area contributed by atoms with Crippen LogP contribution >= 0.6 is 11.8 Å². The molecule has 1 aliphatic rings. The van der Waals surface area contributed by atoms with E-state index >= 15 is 0 Å². The minimum Gasteiger partial charge on any atom is -0.277 e. The Morgan fingerprint density at radius 2 is 2.08 bits per heavy atom. The van der Waals surface area contributed by atoms with E-state index in [1.807, 2.05) is 36.0 Å². The standard InChI is InChI=1S/C10H10N2S/c1-11-9-4-2-8(3-5-9)10-12-6-7-13-10/h2-5H,1,6-7H2. The average Bonchev–Trinajstić information content (AvgIpc) is 2.71. The largest absolute Gasteiger partial charge is 0.277 e. The maximum atomic E-state index is 4.39. The summed E-state index contributed by atoms with van der Waals surface area (Å²) in [5, 5.41) is 1.15. The molecule has 0 radical (unpaired) electrons. The van der Waals surface area contributed by atoms with E-state index in [-0.39, 0.29) is 0 Å². The third-order valence-corrected chi connectivity index (χ3v) is 2.91. The molecule has 0 fully saturated rings. The highest BCUT2D eigenvalue weighted by Crippen LogP contribution is 2.21. The van der Waals surface area contributed by atoms with Gasteiger partial charge in [-0.15, -0.1) is 11.8 Å². The first-order valence-electron chi connectivity index (χ1n) is 4.14. The molecule has 1 aromatic carbocycles. The number of nitrogens with zero attached hydrogens (tertiary/aromatic N) is 2. The first-order chi connectivity index (χ1) is 6.40. The molecule has 2 rings (SSSR count). The second-order valence-corrected chi connectivity index (χ2v) is 3.82. The predicted molar refractivity (Wildman–Crippen MR) is 59.5 cm³/mol. The molecular weight excluding hydrogens is 180 g/mol. The van der Waals surface area contributed by atoms with Crippen molar-refractivity contribution in [3.05, 3.63) is 29.8 Å². The highest BCUT2D eigenvalue weighted by atomic mass is 32.2. The summed E-state index contributed by atoms with van der Waals surface area (Å²) in [6.45, 7) is 4.42. The molecule has 1 heterocycles. The van der Waals surface area contributed by atoms with Gasteiger partial charge in [0.1, 0.15) is 0 Å². The van der Waals surface area contributed by atoms with Gasteiger partial charge in [-0.3, -0.25) is 9.98 Å². The zero-order valence-electron chi connectivity index (χ0n) is 7.23. The van der Waals surface area contributed by atoms with Gasteiger partial charge in [0.15, 0.2) is 0 Å². The van der Waals surface area contributed by atoms with Crippen molar-refractivity contribution in [2.45, 2.75) is 0 Å². The monoisotopic (exact) mass is 190 g/mol. The minimum absolute atomic E-state index is 0.910. The Morgan fingerprint density at radius 1 is 1.31 bits per heavy atom. The maximum Gasteiger partial charge on any atom is 0.0977 e. The second-order valence-electron chi connectivity index (χ2n) is 2.74. The summed E-state index contributed by atoms with van der Waals surface area (Å²) in [7, 11) is 0. The maximum absolute atomic E-state index is 4.39. The summed E-state index contributed by atoms with van der Waals surface area (Å²) in [6.07, 6.45) is 0. The molecule has 0 N–H and O–H groups in total. The van der Waals surface area contributed by atoms with Crippen LogP contribution in [0.5, 0.6) is 0 Å². The molecule has 0 aromatic heterocycles. The van der Waals surface area contributed by atoms with Crippen molar-refractivity contribution in [3.63, 3.8) is 0 Å². The lowest BCUT2D eigenvalue weighted by Crippen LogP contribution is -1.89. The highest BCUT2D eigenvalue weighted by Gasteiger charge is 2.08. The summed E-state index contributed by atoms with van der Waals surface area (Å²) >= 11 is 1.81. The Bertz CT molecular complexity index is 340. The summed E-state index contributed by atoms with van der Waals surface area (Å²) in [4.78, 5) is 8.24. The van der Waals surface area contributed by atoms with Gasteiger partial charge in [0.25, 0.3) is 0 Å². The van der Waals surface area contributed by atoms with E-state index < -0.39 is 0 Å². The van der Waals surface area contributed by atoms with Crippen molar-refractivity contribution in [2.75, 3.05) is 12.3 Å². The van der Waals surface area contributed by atoms with Crippen molar-refractivity contribution in [1.82, 2.24) is 0 Å². The molecule has 1 aromatic rings. The van der Waals surface area contributed by atoms with Crippen molar-refractivity contribution in [3.8, 4) is 0 Å². The molecule has 0 bridgehead atoms. The lowest BCUT2D eigenvalue weighted by Gasteiger charge is -1.99. The van der Waals surface area contributed by atoms with E-state index in [1.54, 1.807) is 0 Å². The Balaban J connectivity index is 2.26. The fourth-order valence-electron chi connectivity index (χ4n) is 1.22. The van der Waals surface area contributed by atoms with Crippen molar-refractivity contribution in [2.24, 2.45) is 9.98 Å². The first-order valence-corrected chi connectivity index (χ1v) is 5.13. The fourth-order valence-corrected chi connectivity index (χ4v) is 2.08. The Hall–Kier alpha value is -1.09. The molecule has 0 amide bonds. The lowest BCUT2D eigenvalue weighted by atomic mass is 10.2. The number of hydrogen-bond acceptors (Lipinski definition) is 3. The molecule has 0 atom stereocenters. The summed E-state index contributed by atoms with van der Waals surface area (Å²) in [5.41, 5.74) is 2.10. The Labute approximate surface area is 81.8 Å². The van der Waals surface area contributed by atoms with Crippen LogP contribution in [0.1, 0.15) is 5.56 Å². The van der Waals surface area contributed by atoms with Gasteiger partial charge in [-0.25, -0.2) is 0 Å². The summed E-state index contributed by atoms with van der Waals surface area (Å²) < 4.78 is 0. The molecule has 0 unspecified atom stereocenters. The van der Waals surface area contributed by atoms with Crippen LogP contribution in [0.3, 0.4) is 0 Å². The molecule has 13 heavy (non-hydrogen) atoms. The van der Waals surface area contributed by atoms with E-state index in [1.165, 1.54) is 5.56 Å². The zero-order valence-corrected chi connectivity index (χ0v) is 8.05. The molecular formula is C10H10N2S. The van der Waals surface area contributed by atoms with E-state index in [0.717, 1.165) is 23.0 Å². The lowest BCUT2D eigenvalue weighted by molar-refractivity contribution is 1.17. The van der Waals surface area contributed by atoms with Crippen LogP contribution in [0.2, 0.25) is 0 Å². The first kappa shape index (κ1) is 8.51. The predicted octanol–water partition coefficient (Wildman–Crippen LogP) is 2.51. The Kier molecular flexibility index (Phi) is 2.45. The van der Waals surface area contributed by atoms with Crippen molar-refractivity contribution in [1.29, 1.82) is 0 Å². The van der Waals surface area contributed by atoms with Crippen molar-refractivity contribution >= 4 is 29.2 Å². The minimum atomic E-state index is 0.910. The zero-order chi connectivity index (χ0) is 9.10. The van der Waals surface area contributed by atoms with Crippen LogP contribution in [0.15, 0.2) is 34.3 Å². The van der Waals surface area contributed by atoms with Crippen LogP contribution in [-0.4, -0.2) is 24.1 Å². The number of rotatable bonds is 2. The smallest absolute Gasteiger partial charge is 0.0977 e. The van der Waals surface area contributed by atoms with Gasteiger partial charge < -0.3 is 0 Å². The van der Waals surface area contributed by atoms with Crippen LogP contribution in [0.4, 0.5) is 5.69 Å². The topological polar surface area (TPSA) is 24.7 Å². The quantitative estimate of drug-likeness (QED) is 0.658. The molecule has 2 nitrogen and oxygen atoms in total. The van der Waals surface area contributed by atoms with Gasteiger partial charge in [-0.05, 0) is 18.9 Å². The van der Waals surface area contributed by atoms with Crippen LogP contribution in [0.25, 0.3) is 0 Å². The second kappa shape index (κ2) is 3.75. The van der Waals surface area contributed by atoms with Gasteiger partial charge >= 0.3 is 0 Å². The molecule has 3 heteroatoms. The molecule has 0 aliphatic carbocycles. The van der Waals surface area contributed by atoms with Gasteiger partial charge in [0, 0.05) is 17.9 Å². The van der Waals surface area contributed by atoms with Gasteiger partial charge in [0.05, 0.1) is 10.7 Å². The van der Waals surface area contributed by atoms with E-state index in [0.29, 0.717) is 0 Å².